The van der Waals surface area contributed by atoms with E-state index in [-0.39, 0.29) is 0 Å². The number of nitrogens with zero attached hydrogens (tertiary/aromatic N) is 1. The molecule has 2 aromatic heterocycles. The summed E-state index contributed by atoms with van der Waals surface area (Å²) in [6.45, 7) is 0. The van der Waals surface area contributed by atoms with Gasteiger partial charge in [0.05, 0.1) is 11.1 Å². The maximum atomic E-state index is 6.95. The molecule has 2 heterocycles. The fourth-order valence-electron chi connectivity index (χ4n) is 9.83. The summed E-state index contributed by atoms with van der Waals surface area (Å²) in [6, 6.07) is 76.3. The van der Waals surface area contributed by atoms with Crippen LogP contribution in [0.5, 0.6) is 0 Å². The normalized spacial score (nSPS) is 11.9. The number of furan rings is 2. The number of anilines is 3. The summed E-state index contributed by atoms with van der Waals surface area (Å²) in [7, 11) is 0. The van der Waals surface area contributed by atoms with Crippen LogP contribution in [0, 0.1) is 0 Å². The molecule has 0 saturated carbocycles. The summed E-state index contributed by atoms with van der Waals surface area (Å²) in [4.78, 5) is 2.40. The number of rotatable bonds is 5. The Kier molecular flexibility index (Phi) is 7.31. The summed E-state index contributed by atoms with van der Waals surface area (Å²) in [5, 5.41) is 13.8. The van der Waals surface area contributed by atoms with Crippen molar-refractivity contribution in [2.45, 2.75) is 0 Å². The molecule has 0 fully saturated rings. The van der Waals surface area contributed by atoms with E-state index >= 15 is 0 Å². The van der Waals surface area contributed by atoms with Gasteiger partial charge in [-0.05, 0) is 103 Å². The predicted molar refractivity (Wildman–Crippen MR) is 257 cm³/mol. The molecule has 0 amide bonds. The third kappa shape index (κ3) is 5.17. The number of hydrogen-bond acceptors (Lipinski definition) is 3. The van der Waals surface area contributed by atoms with Crippen molar-refractivity contribution in [3.05, 3.63) is 212 Å². The molecule has 13 aromatic rings. The molecule has 61 heavy (non-hydrogen) atoms. The van der Waals surface area contributed by atoms with Crippen molar-refractivity contribution >= 4 is 104 Å². The van der Waals surface area contributed by atoms with E-state index in [1.165, 1.54) is 37.9 Å². The summed E-state index contributed by atoms with van der Waals surface area (Å²) < 4.78 is 13.5. The average molecular weight is 778 g/mol. The Balaban J connectivity index is 1.07. The maximum absolute atomic E-state index is 6.95. The highest BCUT2D eigenvalue weighted by molar-refractivity contribution is 6.24. The Labute approximate surface area is 350 Å². The van der Waals surface area contributed by atoms with Gasteiger partial charge in [0.15, 0.2) is 0 Å². The summed E-state index contributed by atoms with van der Waals surface area (Å²) in [5.41, 5.74) is 11.3. The standard InChI is InChI=1S/C58H35NO2/c1-3-15-38-33-40(29-27-36(38)13-1)59(41-30-28-37-14-2-4-16-39(37)34-41)53-24-12-26-55-56(53)52-35-51(44-19-7-8-21-48(44)58(52)61-55)46-32-31-45(42-17-5-6-18-43(42)46)49-22-11-23-50-47-20-9-10-25-54(47)60-57(49)50/h1-35H. The molecule has 3 heteroatoms. The molecular weight excluding hydrogens is 743 g/mol. The highest BCUT2D eigenvalue weighted by Gasteiger charge is 2.23. The van der Waals surface area contributed by atoms with Crippen LogP contribution in [0.3, 0.4) is 0 Å². The van der Waals surface area contributed by atoms with Crippen molar-refractivity contribution in [1.29, 1.82) is 0 Å². The van der Waals surface area contributed by atoms with Gasteiger partial charge in [0, 0.05) is 38.5 Å². The van der Waals surface area contributed by atoms with Crippen LogP contribution in [-0.2, 0) is 0 Å². The first kappa shape index (κ1) is 33.8. The topological polar surface area (TPSA) is 29.5 Å². The minimum absolute atomic E-state index is 0.848. The average Bonchev–Trinajstić information content (AvgIpc) is 3.90. The monoisotopic (exact) mass is 777 g/mol. The van der Waals surface area contributed by atoms with Crippen molar-refractivity contribution in [2.24, 2.45) is 0 Å². The number of hydrogen-bond donors (Lipinski definition) is 0. The van der Waals surface area contributed by atoms with Crippen LogP contribution in [0.15, 0.2) is 221 Å². The minimum atomic E-state index is 0.848. The van der Waals surface area contributed by atoms with Crippen molar-refractivity contribution in [3.63, 3.8) is 0 Å². The van der Waals surface area contributed by atoms with Gasteiger partial charge in [-0.2, -0.15) is 0 Å². The second-order valence-corrected chi connectivity index (χ2v) is 16.0. The van der Waals surface area contributed by atoms with Crippen LogP contribution < -0.4 is 4.90 Å². The van der Waals surface area contributed by atoms with Gasteiger partial charge < -0.3 is 13.7 Å². The van der Waals surface area contributed by atoms with E-state index in [1.807, 2.05) is 6.07 Å². The Hall–Kier alpha value is -8.14. The quantitative estimate of drug-likeness (QED) is 0.174. The summed E-state index contributed by atoms with van der Waals surface area (Å²) >= 11 is 0. The van der Waals surface area contributed by atoms with E-state index in [0.717, 1.165) is 88.4 Å². The SMILES string of the molecule is c1ccc2cc(N(c3ccc4ccccc4c3)c3cccc4oc5c6ccccc6c(-c6ccc(-c7cccc8c7oc7ccccc78)c7ccccc67)cc5c34)ccc2c1. The van der Waals surface area contributed by atoms with E-state index in [0.29, 0.717) is 0 Å². The molecule has 0 atom stereocenters. The second-order valence-electron chi connectivity index (χ2n) is 16.0. The summed E-state index contributed by atoms with van der Waals surface area (Å²) in [6.07, 6.45) is 0. The molecule has 0 bridgehead atoms. The maximum Gasteiger partial charge on any atom is 0.143 e. The van der Waals surface area contributed by atoms with E-state index < -0.39 is 0 Å². The van der Waals surface area contributed by atoms with E-state index in [4.69, 9.17) is 8.83 Å². The first-order valence-electron chi connectivity index (χ1n) is 20.8. The van der Waals surface area contributed by atoms with Crippen molar-refractivity contribution in [3.8, 4) is 22.3 Å². The predicted octanol–water partition coefficient (Wildman–Crippen LogP) is 16.9. The van der Waals surface area contributed by atoms with Gasteiger partial charge in [-0.15, -0.1) is 0 Å². The van der Waals surface area contributed by atoms with Gasteiger partial charge in [0.1, 0.15) is 22.3 Å². The Morgan fingerprint density at radius 1 is 0.279 bits per heavy atom. The highest BCUT2D eigenvalue weighted by atomic mass is 16.3. The van der Waals surface area contributed by atoms with E-state index in [2.05, 4.69) is 211 Å². The van der Waals surface area contributed by atoms with Crippen LogP contribution in [0.1, 0.15) is 0 Å². The fraction of sp³-hybridized carbons (Fsp3) is 0. The van der Waals surface area contributed by atoms with Crippen LogP contribution in [0.2, 0.25) is 0 Å². The number of fused-ring (bicyclic) bond motifs is 11. The largest absolute Gasteiger partial charge is 0.455 e. The van der Waals surface area contributed by atoms with Gasteiger partial charge in [-0.25, -0.2) is 0 Å². The van der Waals surface area contributed by atoms with Crippen molar-refractivity contribution in [2.75, 3.05) is 4.90 Å². The molecule has 0 radical (unpaired) electrons. The minimum Gasteiger partial charge on any atom is -0.455 e. The zero-order valence-electron chi connectivity index (χ0n) is 33.0. The Morgan fingerprint density at radius 3 is 1.46 bits per heavy atom. The van der Waals surface area contributed by atoms with E-state index in [1.54, 1.807) is 0 Å². The first-order valence-corrected chi connectivity index (χ1v) is 20.8. The zero-order valence-corrected chi connectivity index (χ0v) is 33.0. The summed E-state index contributed by atoms with van der Waals surface area (Å²) in [5.74, 6) is 0. The first-order chi connectivity index (χ1) is 30.2. The highest BCUT2D eigenvalue weighted by Crippen LogP contribution is 2.48. The van der Waals surface area contributed by atoms with Gasteiger partial charge in [-0.1, -0.05) is 164 Å². The molecule has 3 nitrogen and oxygen atoms in total. The Bertz CT molecular complexity index is 3830. The van der Waals surface area contributed by atoms with Gasteiger partial charge in [0.25, 0.3) is 0 Å². The van der Waals surface area contributed by atoms with Crippen LogP contribution >= 0.6 is 0 Å². The van der Waals surface area contributed by atoms with Gasteiger partial charge in [0.2, 0.25) is 0 Å². The zero-order chi connectivity index (χ0) is 40.0. The molecule has 0 aliphatic carbocycles. The fourth-order valence-corrected chi connectivity index (χ4v) is 9.83. The third-order valence-electron chi connectivity index (χ3n) is 12.6. The number of benzene rings is 11. The molecule has 0 spiro atoms. The molecule has 0 aliphatic heterocycles. The van der Waals surface area contributed by atoms with Crippen molar-refractivity contribution in [1.82, 2.24) is 0 Å². The van der Waals surface area contributed by atoms with Crippen LogP contribution in [-0.4, -0.2) is 0 Å². The molecule has 284 valence electrons. The molecule has 0 aliphatic rings. The molecule has 13 rings (SSSR count). The molecular formula is C58H35NO2. The Morgan fingerprint density at radius 2 is 0.770 bits per heavy atom. The van der Waals surface area contributed by atoms with E-state index in [9.17, 15) is 0 Å². The van der Waals surface area contributed by atoms with Gasteiger partial charge >= 0.3 is 0 Å². The van der Waals surface area contributed by atoms with Gasteiger partial charge in [-0.3, -0.25) is 0 Å². The smallest absolute Gasteiger partial charge is 0.143 e. The van der Waals surface area contributed by atoms with Crippen molar-refractivity contribution < 1.29 is 8.83 Å². The number of para-hydroxylation sites is 2. The molecule has 0 saturated heterocycles. The lowest BCUT2D eigenvalue weighted by molar-refractivity contribution is 0.670. The molecule has 0 N–H and O–H groups in total. The molecule has 11 aromatic carbocycles. The molecule has 0 unspecified atom stereocenters. The third-order valence-corrected chi connectivity index (χ3v) is 12.6. The van der Waals surface area contributed by atoms with Crippen LogP contribution in [0.4, 0.5) is 17.1 Å². The van der Waals surface area contributed by atoms with Crippen LogP contribution in [0.25, 0.3) is 109 Å². The second kappa shape index (κ2) is 13.2. The lowest BCUT2D eigenvalue weighted by atomic mass is 9.88. The lowest BCUT2D eigenvalue weighted by Gasteiger charge is -2.27. The lowest BCUT2D eigenvalue weighted by Crippen LogP contribution is -2.10.